The van der Waals surface area contributed by atoms with E-state index < -0.39 is 0 Å². The molecule has 0 spiro atoms. The Hall–Kier alpha value is -0.640. The maximum absolute atomic E-state index is 4.44. The van der Waals surface area contributed by atoms with Crippen molar-refractivity contribution in [3.05, 3.63) is 58.2 Å². The van der Waals surface area contributed by atoms with Gasteiger partial charge >= 0.3 is 0 Å². The third-order valence-electron chi connectivity index (χ3n) is 1.97. The molecule has 0 bridgehead atoms. The normalized spacial score (nSPS) is 13.4. The summed E-state index contributed by atoms with van der Waals surface area (Å²) in [6.07, 6.45) is 7.85. The molecular formula is C14H16S3. The fourth-order valence-corrected chi connectivity index (χ4v) is 3.30. The first-order chi connectivity index (χ1) is 8.22. The first-order valence-corrected chi connectivity index (χ1v) is 7.43. The minimum absolute atomic E-state index is 0.961. The largest absolute Gasteiger partial charge is 0.142 e. The van der Waals surface area contributed by atoms with Crippen LogP contribution in [0.4, 0.5) is 0 Å². The zero-order valence-corrected chi connectivity index (χ0v) is 12.5. The second-order valence-electron chi connectivity index (χ2n) is 3.19. The summed E-state index contributed by atoms with van der Waals surface area (Å²) in [7, 11) is 0. The molecular weight excluding hydrogens is 264 g/mol. The summed E-state index contributed by atoms with van der Waals surface area (Å²) >= 11 is 7.93. The van der Waals surface area contributed by atoms with Gasteiger partial charge in [0.2, 0.25) is 0 Å². The lowest BCUT2D eigenvalue weighted by atomic mass is 10.3. The van der Waals surface area contributed by atoms with Crippen LogP contribution in [0.5, 0.6) is 0 Å². The zero-order valence-electron chi connectivity index (χ0n) is 10.0. The maximum atomic E-state index is 4.44. The molecule has 0 N–H and O–H groups in total. The Bertz CT molecular complexity index is 462. The van der Waals surface area contributed by atoms with Gasteiger partial charge in [-0.15, -0.1) is 24.0 Å². The number of thioether (sulfide) groups is 1. The lowest BCUT2D eigenvalue weighted by molar-refractivity contribution is 1.76. The van der Waals surface area contributed by atoms with Crippen LogP contribution in [0.1, 0.15) is 23.6 Å². The Kier molecular flexibility index (Phi) is 6.48. The van der Waals surface area contributed by atoms with E-state index in [9.17, 15) is 0 Å². The van der Waals surface area contributed by atoms with Crippen molar-refractivity contribution in [1.29, 1.82) is 0 Å². The molecule has 0 aliphatic rings. The Labute approximate surface area is 117 Å². The van der Waals surface area contributed by atoms with Gasteiger partial charge in [-0.05, 0) is 37.5 Å². The highest BCUT2D eigenvalue weighted by Crippen LogP contribution is 2.36. The Morgan fingerprint density at radius 3 is 2.65 bits per heavy atom. The van der Waals surface area contributed by atoms with Gasteiger partial charge < -0.3 is 0 Å². The molecule has 0 fully saturated rings. The quantitative estimate of drug-likeness (QED) is 0.523. The average molecular weight is 280 g/mol. The van der Waals surface area contributed by atoms with Crippen LogP contribution in [-0.2, 0) is 0 Å². The monoisotopic (exact) mass is 280 g/mol. The van der Waals surface area contributed by atoms with Crippen LogP contribution in [0, 0.1) is 0 Å². The number of allylic oxidation sites excluding steroid dienone is 4. The Balaban J connectivity index is 2.93. The van der Waals surface area contributed by atoms with Crippen LogP contribution < -0.4 is 0 Å². The van der Waals surface area contributed by atoms with E-state index in [0.717, 1.165) is 4.91 Å². The standard InChI is InChI=1S/C14H16S3/c1-4-7-11(15)13-8-9-14(17-13)12(6-3)16-10-5-2/h4-10,15H,1H2,2-3H3/b10-5+,11-7-,12-6-. The molecule has 0 aliphatic carbocycles. The van der Waals surface area contributed by atoms with Crippen LogP contribution >= 0.6 is 35.7 Å². The third-order valence-corrected chi connectivity index (χ3v) is 4.91. The third kappa shape index (κ3) is 4.26. The summed E-state index contributed by atoms with van der Waals surface area (Å²) in [4.78, 5) is 4.68. The second-order valence-corrected chi connectivity index (χ2v) is 5.70. The summed E-state index contributed by atoms with van der Waals surface area (Å²) in [5.41, 5.74) is 0. The molecule has 90 valence electrons. The van der Waals surface area contributed by atoms with E-state index in [4.69, 9.17) is 0 Å². The maximum Gasteiger partial charge on any atom is 0.0413 e. The number of rotatable bonds is 5. The van der Waals surface area contributed by atoms with E-state index in [1.807, 2.05) is 19.1 Å². The minimum Gasteiger partial charge on any atom is -0.142 e. The summed E-state index contributed by atoms with van der Waals surface area (Å²) in [6.45, 7) is 7.77. The van der Waals surface area contributed by atoms with E-state index in [0.29, 0.717) is 0 Å². The second kappa shape index (κ2) is 7.64. The van der Waals surface area contributed by atoms with E-state index in [-0.39, 0.29) is 0 Å². The molecule has 0 amide bonds. The van der Waals surface area contributed by atoms with Crippen molar-refractivity contribution in [3.8, 4) is 0 Å². The highest BCUT2D eigenvalue weighted by molar-refractivity contribution is 8.11. The van der Waals surface area contributed by atoms with Crippen molar-refractivity contribution >= 4 is 45.5 Å². The molecule has 3 heteroatoms. The van der Waals surface area contributed by atoms with Gasteiger partial charge in [0.05, 0.1) is 0 Å². The highest BCUT2D eigenvalue weighted by atomic mass is 32.2. The minimum atomic E-state index is 0.961. The molecule has 0 atom stereocenters. The van der Waals surface area contributed by atoms with Crippen molar-refractivity contribution in [2.24, 2.45) is 0 Å². The van der Waals surface area contributed by atoms with E-state index >= 15 is 0 Å². The SMILES string of the molecule is C=C/C=C(\S)c1ccc(/C(=C/C)S/C=C/C)s1. The van der Waals surface area contributed by atoms with Crippen LogP contribution in [0.3, 0.4) is 0 Å². The molecule has 0 nitrogen and oxygen atoms in total. The van der Waals surface area contributed by atoms with Gasteiger partial charge in [-0.25, -0.2) is 0 Å². The predicted octanol–water partition coefficient (Wildman–Crippen LogP) is 5.83. The number of hydrogen-bond acceptors (Lipinski definition) is 3. The van der Waals surface area contributed by atoms with Crippen LogP contribution in [0.15, 0.2) is 48.4 Å². The van der Waals surface area contributed by atoms with Crippen molar-refractivity contribution in [3.63, 3.8) is 0 Å². The van der Waals surface area contributed by atoms with Crippen molar-refractivity contribution in [2.45, 2.75) is 13.8 Å². The highest BCUT2D eigenvalue weighted by Gasteiger charge is 2.05. The molecule has 0 radical (unpaired) electrons. The van der Waals surface area contributed by atoms with Gasteiger partial charge in [0, 0.05) is 19.6 Å². The van der Waals surface area contributed by atoms with Gasteiger partial charge in [-0.1, -0.05) is 36.6 Å². The van der Waals surface area contributed by atoms with E-state index in [1.54, 1.807) is 29.2 Å². The summed E-state index contributed by atoms with van der Waals surface area (Å²) in [5, 5.41) is 2.09. The molecule has 1 aromatic heterocycles. The molecule has 0 aromatic carbocycles. The summed E-state index contributed by atoms with van der Waals surface area (Å²) in [5.74, 6) is 0. The number of hydrogen-bond donors (Lipinski definition) is 1. The lowest BCUT2D eigenvalue weighted by Gasteiger charge is -1.99. The smallest absolute Gasteiger partial charge is 0.0413 e. The number of thiophene rings is 1. The summed E-state index contributed by atoms with van der Waals surface area (Å²) in [6, 6.07) is 4.24. The van der Waals surface area contributed by atoms with Crippen LogP contribution in [0.25, 0.3) is 9.81 Å². The molecule has 0 saturated heterocycles. The first kappa shape index (κ1) is 14.4. The molecule has 0 unspecified atom stereocenters. The topological polar surface area (TPSA) is 0 Å². The first-order valence-electron chi connectivity index (χ1n) is 5.29. The van der Waals surface area contributed by atoms with Gasteiger partial charge in [-0.2, -0.15) is 0 Å². The fourth-order valence-electron chi connectivity index (χ4n) is 1.21. The average Bonchev–Trinajstić information content (AvgIpc) is 2.80. The van der Waals surface area contributed by atoms with Crippen LogP contribution in [0.2, 0.25) is 0 Å². The molecule has 0 aliphatic heterocycles. The molecule has 1 rings (SSSR count). The Morgan fingerprint density at radius 1 is 1.35 bits per heavy atom. The molecule has 0 saturated carbocycles. The van der Waals surface area contributed by atoms with Crippen molar-refractivity contribution in [1.82, 2.24) is 0 Å². The van der Waals surface area contributed by atoms with Crippen molar-refractivity contribution < 1.29 is 0 Å². The van der Waals surface area contributed by atoms with E-state index in [1.165, 1.54) is 14.7 Å². The van der Waals surface area contributed by atoms with Gasteiger partial charge in [0.15, 0.2) is 0 Å². The zero-order chi connectivity index (χ0) is 12.7. The molecule has 1 heterocycles. The lowest BCUT2D eigenvalue weighted by Crippen LogP contribution is -1.69. The summed E-state index contributed by atoms with van der Waals surface area (Å²) < 4.78 is 0. The van der Waals surface area contributed by atoms with E-state index in [2.05, 4.69) is 49.7 Å². The van der Waals surface area contributed by atoms with Gasteiger partial charge in [0.1, 0.15) is 0 Å². The van der Waals surface area contributed by atoms with Gasteiger partial charge in [-0.3, -0.25) is 0 Å². The number of thiol groups is 1. The van der Waals surface area contributed by atoms with Gasteiger partial charge in [0.25, 0.3) is 0 Å². The fraction of sp³-hybridized carbons (Fsp3) is 0.143. The van der Waals surface area contributed by atoms with Crippen molar-refractivity contribution in [2.75, 3.05) is 0 Å². The molecule has 17 heavy (non-hydrogen) atoms. The Morgan fingerprint density at radius 2 is 2.06 bits per heavy atom. The predicted molar refractivity (Wildman–Crippen MR) is 87.5 cm³/mol. The van der Waals surface area contributed by atoms with Crippen LogP contribution in [-0.4, -0.2) is 0 Å². The molecule has 1 aromatic rings.